The summed E-state index contributed by atoms with van der Waals surface area (Å²) in [5, 5.41) is 0.595. The van der Waals surface area contributed by atoms with Crippen LogP contribution in [0.3, 0.4) is 0 Å². The third-order valence-corrected chi connectivity index (χ3v) is 9.14. The lowest BCUT2D eigenvalue weighted by atomic mass is 10.0. The van der Waals surface area contributed by atoms with Gasteiger partial charge in [0.25, 0.3) is 5.91 Å². The standard InChI is InChI=1S/C29H29Cl2N3O5S/c1-32(27(35)16-34-22-13-20(30)21(31)14-24(22)39-17-28(34)36)23(15-33-11-3-4-12-33)18-5-7-19(8-6-18)25-9-10-26(40-25)29(37)38-2/h5-10,13-14,23H,3-4,11-12,15-17H2,1-2H3. The van der Waals surface area contributed by atoms with Crippen molar-refractivity contribution in [1.29, 1.82) is 0 Å². The highest BCUT2D eigenvalue weighted by atomic mass is 35.5. The van der Waals surface area contributed by atoms with Crippen molar-refractivity contribution >= 4 is 58.0 Å². The highest BCUT2D eigenvalue weighted by Gasteiger charge is 2.32. The number of anilines is 1. The van der Waals surface area contributed by atoms with Gasteiger partial charge >= 0.3 is 5.97 Å². The first-order valence-electron chi connectivity index (χ1n) is 12.9. The summed E-state index contributed by atoms with van der Waals surface area (Å²) in [6, 6.07) is 14.6. The predicted molar refractivity (Wildman–Crippen MR) is 157 cm³/mol. The molecule has 11 heteroatoms. The van der Waals surface area contributed by atoms with Gasteiger partial charge < -0.3 is 19.3 Å². The molecule has 2 aliphatic rings. The van der Waals surface area contributed by atoms with Crippen molar-refractivity contribution in [2.75, 3.05) is 51.8 Å². The van der Waals surface area contributed by atoms with Gasteiger partial charge in [-0.2, -0.15) is 0 Å². The molecule has 8 nitrogen and oxygen atoms in total. The molecule has 1 saturated heterocycles. The van der Waals surface area contributed by atoms with E-state index in [-0.39, 0.29) is 42.0 Å². The molecule has 2 amide bonds. The van der Waals surface area contributed by atoms with Gasteiger partial charge in [0, 0.05) is 24.5 Å². The molecular weight excluding hydrogens is 573 g/mol. The minimum atomic E-state index is -0.356. The van der Waals surface area contributed by atoms with Crippen LogP contribution in [0.2, 0.25) is 10.0 Å². The maximum absolute atomic E-state index is 13.7. The Morgan fingerprint density at radius 2 is 1.77 bits per heavy atom. The number of benzene rings is 2. The molecule has 1 atom stereocenters. The average Bonchev–Trinajstić information content (AvgIpc) is 3.66. The second kappa shape index (κ2) is 12.2. The Bertz CT molecular complexity index is 1420. The number of carbonyl (C=O) groups excluding carboxylic acids is 3. The van der Waals surface area contributed by atoms with Crippen LogP contribution in [0.15, 0.2) is 48.5 Å². The molecule has 1 aromatic heterocycles. The van der Waals surface area contributed by atoms with E-state index in [4.69, 9.17) is 32.7 Å². The zero-order valence-electron chi connectivity index (χ0n) is 22.2. The Morgan fingerprint density at radius 1 is 1.07 bits per heavy atom. The summed E-state index contributed by atoms with van der Waals surface area (Å²) in [7, 11) is 3.15. The number of halogens is 2. The molecule has 1 fully saturated rings. The third-order valence-electron chi connectivity index (χ3n) is 7.30. The second-order valence-corrected chi connectivity index (χ2v) is 11.7. The molecule has 0 bridgehead atoms. The molecule has 3 heterocycles. The molecule has 210 valence electrons. The fraction of sp³-hybridized carbons (Fsp3) is 0.345. The molecule has 0 saturated carbocycles. The van der Waals surface area contributed by atoms with Crippen LogP contribution in [0.25, 0.3) is 10.4 Å². The fourth-order valence-electron chi connectivity index (χ4n) is 5.02. The molecule has 0 radical (unpaired) electrons. The van der Waals surface area contributed by atoms with E-state index in [2.05, 4.69) is 4.90 Å². The van der Waals surface area contributed by atoms with Gasteiger partial charge in [-0.15, -0.1) is 11.3 Å². The molecule has 2 aliphatic heterocycles. The predicted octanol–water partition coefficient (Wildman–Crippen LogP) is 5.53. The van der Waals surface area contributed by atoms with Crippen molar-refractivity contribution < 1.29 is 23.9 Å². The van der Waals surface area contributed by atoms with Crippen molar-refractivity contribution in [3.63, 3.8) is 0 Å². The Hall–Kier alpha value is -3.11. The van der Waals surface area contributed by atoms with E-state index >= 15 is 0 Å². The van der Waals surface area contributed by atoms with Gasteiger partial charge in [-0.05, 0) is 55.3 Å². The number of methoxy groups -OCH3 is 1. The molecule has 5 rings (SSSR count). The van der Waals surface area contributed by atoms with E-state index in [1.807, 2.05) is 30.3 Å². The van der Waals surface area contributed by atoms with Gasteiger partial charge in [-0.1, -0.05) is 47.5 Å². The quantitative estimate of drug-likeness (QED) is 0.316. The average molecular weight is 603 g/mol. The summed E-state index contributed by atoms with van der Waals surface area (Å²) in [5.41, 5.74) is 2.39. The van der Waals surface area contributed by atoms with Crippen molar-refractivity contribution in [3.8, 4) is 16.2 Å². The summed E-state index contributed by atoms with van der Waals surface area (Å²) in [6.07, 6.45) is 2.26. The van der Waals surface area contributed by atoms with E-state index in [0.717, 1.165) is 41.9 Å². The molecule has 1 unspecified atom stereocenters. The van der Waals surface area contributed by atoms with Crippen LogP contribution >= 0.6 is 34.5 Å². The van der Waals surface area contributed by atoms with Crippen LogP contribution < -0.4 is 9.64 Å². The highest BCUT2D eigenvalue weighted by molar-refractivity contribution is 7.17. The number of thiophene rings is 1. The molecule has 2 aromatic carbocycles. The van der Waals surface area contributed by atoms with Gasteiger partial charge in [0.05, 0.1) is 28.9 Å². The van der Waals surface area contributed by atoms with Crippen molar-refractivity contribution in [1.82, 2.24) is 9.80 Å². The van der Waals surface area contributed by atoms with Crippen LogP contribution in [0.5, 0.6) is 5.75 Å². The zero-order chi connectivity index (χ0) is 28.4. The van der Waals surface area contributed by atoms with E-state index < -0.39 is 0 Å². The summed E-state index contributed by atoms with van der Waals surface area (Å²) < 4.78 is 10.4. The first-order valence-corrected chi connectivity index (χ1v) is 14.5. The Kier molecular flexibility index (Phi) is 8.65. The van der Waals surface area contributed by atoms with Crippen LogP contribution in [0.1, 0.15) is 34.1 Å². The molecule has 0 aliphatic carbocycles. The van der Waals surface area contributed by atoms with Crippen LogP contribution in [-0.4, -0.2) is 74.5 Å². The maximum Gasteiger partial charge on any atom is 0.348 e. The number of amides is 2. The molecule has 40 heavy (non-hydrogen) atoms. The smallest absolute Gasteiger partial charge is 0.348 e. The highest BCUT2D eigenvalue weighted by Crippen LogP contribution is 2.39. The van der Waals surface area contributed by atoms with E-state index in [0.29, 0.717) is 27.9 Å². The maximum atomic E-state index is 13.7. The van der Waals surface area contributed by atoms with Crippen molar-refractivity contribution in [2.24, 2.45) is 0 Å². The summed E-state index contributed by atoms with van der Waals surface area (Å²) in [4.78, 5) is 45.3. The Balaban J connectivity index is 1.38. The Labute approximate surface area is 247 Å². The molecular formula is C29H29Cl2N3O5S. The van der Waals surface area contributed by atoms with E-state index in [9.17, 15) is 14.4 Å². The summed E-state index contributed by atoms with van der Waals surface area (Å²) in [6.45, 7) is 2.32. The number of nitrogens with zero attached hydrogens (tertiary/aromatic N) is 3. The number of hydrogen-bond acceptors (Lipinski definition) is 7. The normalized spacial score (nSPS) is 15.9. The number of rotatable bonds is 8. The SMILES string of the molecule is COC(=O)c1ccc(-c2ccc(C(CN3CCCC3)N(C)C(=O)CN3C(=O)COc4cc(Cl)c(Cl)cc43)cc2)s1. The number of likely N-dealkylation sites (N-methyl/N-ethyl adjacent to an activating group) is 1. The van der Waals surface area contributed by atoms with E-state index in [1.54, 1.807) is 30.1 Å². The first kappa shape index (κ1) is 28.4. The lowest BCUT2D eigenvalue weighted by molar-refractivity contribution is -0.133. The van der Waals surface area contributed by atoms with Gasteiger partial charge in [0.2, 0.25) is 5.91 Å². The fourth-order valence-corrected chi connectivity index (χ4v) is 6.27. The summed E-state index contributed by atoms with van der Waals surface area (Å²) >= 11 is 13.7. The van der Waals surface area contributed by atoms with Gasteiger partial charge in [-0.25, -0.2) is 4.79 Å². The summed E-state index contributed by atoms with van der Waals surface area (Å²) in [5.74, 6) is -0.472. The molecule has 0 spiro atoms. The molecule has 0 N–H and O–H groups in total. The third kappa shape index (κ3) is 5.98. The van der Waals surface area contributed by atoms with Gasteiger partial charge in [0.1, 0.15) is 17.2 Å². The topological polar surface area (TPSA) is 79.4 Å². The number of ether oxygens (including phenoxy) is 2. The van der Waals surface area contributed by atoms with E-state index in [1.165, 1.54) is 23.3 Å². The van der Waals surface area contributed by atoms with Gasteiger partial charge in [-0.3, -0.25) is 14.5 Å². The number of likely N-dealkylation sites (tertiary alicyclic amines) is 1. The van der Waals surface area contributed by atoms with Crippen LogP contribution in [0.4, 0.5) is 5.69 Å². The monoisotopic (exact) mass is 601 g/mol. The van der Waals surface area contributed by atoms with Gasteiger partial charge in [0.15, 0.2) is 6.61 Å². The van der Waals surface area contributed by atoms with Crippen LogP contribution in [-0.2, 0) is 14.3 Å². The lowest BCUT2D eigenvalue weighted by Gasteiger charge is -2.35. The first-order chi connectivity index (χ1) is 19.2. The minimum Gasteiger partial charge on any atom is -0.482 e. The van der Waals surface area contributed by atoms with Crippen molar-refractivity contribution in [3.05, 3.63) is 69.0 Å². The van der Waals surface area contributed by atoms with Crippen molar-refractivity contribution in [2.45, 2.75) is 18.9 Å². The zero-order valence-corrected chi connectivity index (χ0v) is 24.5. The lowest BCUT2D eigenvalue weighted by Crippen LogP contribution is -2.47. The number of hydrogen-bond donors (Lipinski definition) is 0. The number of fused-ring (bicyclic) bond motifs is 1. The number of carbonyl (C=O) groups is 3. The minimum absolute atomic E-state index is 0.149. The Morgan fingerprint density at radius 3 is 2.48 bits per heavy atom. The molecule has 3 aromatic rings. The van der Waals surface area contributed by atoms with Crippen LogP contribution in [0, 0.1) is 0 Å². The largest absolute Gasteiger partial charge is 0.482 e. The second-order valence-electron chi connectivity index (χ2n) is 9.81. The number of esters is 1.